The van der Waals surface area contributed by atoms with E-state index in [4.69, 9.17) is 4.43 Å². The summed E-state index contributed by atoms with van der Waals surface area (Å²) in [6.07, 6.45) is -8.23. The topological polar surface area (TPSA) is 64.6 Å². The van der Waals surface area contributed by atoms with Crippen LogP contribution in [0.1, 0.15) is 6.92 Å². The molecular formula is C10H16F3NO4Si. The van der Waals surface area contributed by atoms with Crippen molar-refractivity contribution in [3.8, 4) is 0 Å². The number of nitrogens with one attached hydrogen (secondary N) is 1. The first kappa shape index (κ1) is 16.0. The van der Waals surface area contributed by atoms with Crippen LogP contribution in [0.5, 0.6) is 0 Å². The third-order valence-electron chi connectivity index (χ3n) is 2.34. The second-order valence-corrected chi connectivity index (χ2v) is 9.72. The van der Waals surface area contributed by atoms with E-state index in [1.54, 1.807) is 19.6 Å². The van der Waals surface area contributed by atoms with Crippen LogP contribution in [0.4, 0.5) is 13.2 Å². The molecule has 0 saturated carbocycles. The monoisotopic (exact) mass is 299 g/mol. The molecule has 0 spiro atoms. The zero-order valence-corrected chi connectivity index (χ0v) is 12.0. The quantitative estimate of drug-likeness (QED) is 0.484. The summed E-state index contributed by atoms with van der Waals surface area (Å²) in [5.41, 5.74) is 0. The first-order chi connectivity index (χ1) is 8.42. The van der Waals surface area contributed by atoms with E-state index in [2.05, 4.69) is 10.1 Å². The van der Waals surface area contributed by atoms with Crippen molar-refractivity contribution in [2.24, 2.45) is 5.92 Å². The lowest BCUT2D eigenvalue weighted by molar-refractivity contribution is -0.236. The average Bonchev–Trinajstić information content (AvgIpc) is 2.11. The number of alkyl halides is 3. The van der Waals surface area contributed by atoms with Gasteiger partial charge in [0, 0.05) is 6.92 Å². The minimum absolute atomic E-state index is 0.760. The molecule has 1 rings (SSSR count). The average molecular weight is 299 g/mol. The van der Waals surface area contributed by atoms with Gasteiger partial charge in [-0.15, -0.1) is 0 Å². The number of β-lactam (4-membered cyclic amide) rings is 1. The van der Waals surface area contributed by atoms with E-state index in [0.717, 1.165) is 6.92 Å². The molecule has 19 heavy (non-hydrogen) atoms. The number of esters is 1. The maximum atomic E-state index is 13.0. The number of amides is 1. The van der Waals surface area contributed by atoms with Gasteiger partial charge in [0.15, 0.2) is 20.6 Å². The highest BCUT2D eigenvalue weighted by atomic mass is 28.4. The fourth-order valence-corrected chi connectivity index (χ4v) is 2.71. The lowest BCUT2D eigenvalue weighted by Crippen LogP contribution is -2.67. The largest absolute Gasteiger partial charge is 0.441 e. The fourth-order valence-electron chi connectivity index (χ4n) is 1.67. The van der Waals surface area contributed by atoms with Crippen molar-refractivity contribution in [3.63, 3.8) is 0 Å². The molecule has 0 unspecified atom stereocenters. The van der Waals surface area contributed by atoms with E-state index >= 15 is 0 Å². The minimum atomic E-state index is -4.69. The van der Waals surface area contributed by atoms with Crippen LogP contribution in [-0.2, 0) is 18.8 Å². The van der Waals surface area contributed by atoms with Crippen LogP contribution in [0.25, 0.3) is 0 Å². The Morgan fingerprint density at radius 1 is 1.37 bits per heavy atom. The summed E-state index contributed by atoms with van der Waals surface area (Å²) < 4.78 is 48.6. The van der Waals surface area contributed by atoms with E-state index < -0.39 is 44.6 Å². The van der Waals surface area contributed by atoms with E-state index in [9.17, 15) is 22.8 Å². The van der Waals surface area contributed by atoms with Crippen molar-refractivity contribution in [2.45, 2.75) is 45.1 Å². The van der Waals surface area contributed by atoms with E-state index in [-0.39, 0.29) is 0 Å². The summed E-state index contributed by atoms with van der Waals surface area (Å²) in [4.78, 5) is 22.1. The Kier molecular flexibility index (Phi) is 4.30. The molecule has 1 aliphatic heterocycles. The van der Waals surface area contributed by atoms with Crippen molar-refractivity contribution in [1.29, 1.82) is 0 Å². The third-order valence-corrected chi connectivity index (χ3v) is 3.30. The number of hydrogen-bond donors (Lipinski definition) is 1. The normalized spacial score (nSPS) is 25.3. The highest BCUT2D eigenvalue weighted by molar-refractivity contribution is 6.69. The van der Waals surface area contributed by atoms with Gasteiger partial charge < -0.3 is 14.5 Å². The van der Waals surface area contributed by atoms with Crippen LogP contribution in [-0.4, -0.2) is 38.7 Å². The molecule has 1 fully saturated rings. The van der Waals surface area contributed by atoms with Gasteiger partial charge in [-0.2, -0.15) is 13.2 Å². The number of carbonyl (C=O) groups excluding carboxylic acids is 2. The van der Waals surface area contributed by atoms with E-state index in [1.807, 2.05) is 0 Å². The fraction of sp³-hybridized carbons (Fsp3) is 0.800. The Hall–Kier alpha value is -1.09. The molecule has 0 aliphatic carbocycles. The first-order valence-electron chi connectivity index (χ1n) is 5.64. The zero-order chi connectivity index (χ0) is 15.0. The Balaban J connectivity index is 2.90. The van der Waals surface area contributed by atoms with Crippen molar-refractivity contribution < 1.29 is 31.9 Å². The molecule has 5 nitrogen and oxygen atoms in total. The molecule has 1 aliphatic rings. The molecule has 3 atom stereocenters. The summed E-state index contributed by atoms with van der Waals surface area (Å²) >= 11 is 0. The molecular weight excluding hydrogens is 283 g/mol. The smallest absolute Gasteiger partial charge is 0.414 e. The molecule has 1 N–H and O–H groups in total. The van der Waals surface area contributed by atoms with Crippen molar-refractivity contribution in [2.75, 3.05) is 0 Å². The third kappa shape index (κ3) is 4.20. The van der Waals surface area contributed by atoms with Crippen LogP contribution in [0.2, 0.25) is 19.6 Å². The van der Waals surface area contributed by atoms with Gasteiger partial charge in [-0.1, -0.05) is 0 Å². The summed E-state index contributed by atoms with van der Waals surface area (Å²) in [5.74, 6) is -3.13. The lowest BCUT2D eigenvalue weighted by atomic mass is 9.92. The lowest BCUT2D eigenvalue weighted by Gasteiger charge is -2.42. The molecule has 0 radical (unpaired) electrons. The van der Waals surface area contributed by atoms with Gasteiger partial charge in [0.25, 0.3) is 0 Å². The molecule has 1 amide bonds. The van der Waals surface area contributed by atoms with Gasteiger partial charge in [-0.25, -0.2) is 0 Å². The van der Waals surface area contributed by atoms with Gasteiger partial charge in [-0.05, 0) is 19.6 Å². The van der Waals surface area contributed by atoms with Crippen molar-refractivity contribution in [1.82, 2.24) is 5.32 Å². The molecule has 1 heterocycles. The standard InChI is InChI=1S/C10H16F3NO4Si/c1-5(15)17-9-6(8(16)14-9)7(10(11,12)13)18-19(2,3)4/h6-7,9H,1-4H3,(H,14,16)/t6-,7-,9+/m0/s1. The molecule has 0 aromatic rings. The number of ether oxygens (including phenoxy) is 1. The van der Waals surface area contributed by atoms with Crippen LogP contribution < -0.4 is 5.32 Å². The van der Waals surface area contributed by atoms with Gasteiger partial charge in [-0.3, -0.25) is 9.59 Å². The van der Waals surface area contributed by atoms with Gasteiger partial charge in [0.2, 0.25) is 5.91 Å². The Bertz CT molecular complexity index is 380. The van der Waals surface area contributed by atoms with Crippen LogP contribution in [0.15, 0.2) is 0 Å². The van der Waals surface area contributed by atoms with E-state index in [1.165, 1.54) is 0 Å². The molecule has 0 aromatic heterocycles. The summed E-state index contributed by atoms with van der Waals surface area (Å²) in [7, 11) is -2.51. The van der Waals surface area contributed by atoms with Crippen LogP contribution in [0.3, 0.4) is 0 Å². The minimum Gasteiger partial charge on any atom is -0.441 e. The number of halogens is 3. The summed E-state index contributed by atoms with van der Waals surface area (Å²) in [5, 5.41) is 2.12. The molecule has 0 aromatic carbocycles. The molecule has 9 heteroatoms. The Morgan fingerprint density at radius 3 is 2.21 bits per heavy atom. The van der Waals surface area contributed by atoms with Crippen molar-refractivity contribution in [3.05, 3.63) is 0 Å². The highest BCUT2D eigenvalue weighted by Gasteiger charge is 2.58. The molecule has 110 valence electrons. The summed E-state index contributed by atoms with van der Waals surface area (Å²) in [6.45, 7) is 5.82. The maximum absolute atomic E-state index is 13.0. The van der Waals surface area contributed by atoms with Crippen LogP contribution >= 0.6 is 0 Å². The molecule has 0 bridgehead atoms. The van der Waals surface area contributed by atoms with Gasteiger partial charge >= 0.3 is 12.1 Å². The maximum Gasteiger partial charge on any atom is 0.414 e. The summed E-state index contributed by atoms with van der Waals surface area (Å²) in [6, 6.07) is 0. The second-order valence-electron chi connectivity index (χ2n) is 5.26. The first-order valence-corrected chi connectivity index (χ1v) is 9.05. The van der Waals surface area contributed by atoms with Crippen molar-refractivity contribution >= 4 is 20.2 Å². The molecule has 1 saturated heterocycles. The number of rotatable bonds is 4. The second kappa shape index (κ2) is 5.12. The van der Waals surface area contributed by atoms with Crippen LogP contribution in [0, 0.1) is 5.92 Å². The Morgan fingerprint density at radius 2 is 1.89 bits per heavy atom. The van der Waals surface area contributed by atoms with E-state index in [0.29, 0.717) is 0 Å². The SMILES string of the molecule is CC(=O)O[C@H]1NC(=O)[C@@H]1[C@H](O[Si](C)(C)C)C(F)(F)F. The zero-order valence-electron chi connectivity index (χ0n) is 11.0. The predicted octanol–water partition coefficient (Wildman–Crippen LogP) is 1.40. The predicted molar refractivity (Wildman–Crippen MR) is 61.5 cm³/mol. The van der Waals surface area contributed by atoms with Gasteiger partial charge in [0.1, 0.15) is 5.92 Å². The van der Waals surface area contributed by atoms with Gasteiger partial charge in [0.05, 0.1) is 0 Å². The highest BCUT2D eigenvalue weighted by Crippen LogP contribution is 2.36. The Labute approximate surface area is 109 Å². The number of hydrogen-bond acceptors (Lipinski definition) is 4. The number of carbonyl (C=O) groups is 2.